The molecule has 0 bridgehead atoms. The number of alkyl halides is 6. The Morgan fingerprint density at radius 1 is 1.05 bits per heavy atom. The predicted octanol–water partition coefficient (Wildman–Crippen LogP) is 6.79. The highest BCUT2D eigenvalue weighted by Gasteiger charge is 2.37. The molecular weight excluding hydrogens is 571 g/mol. The summed E-state index contributed by atoms with van der Waals surface area (Å²) in [6, 6.07) is 6.61. The third kappa shape index (κ3) is 7.31. The fraction of sp³-hybridized carbons (Fsp3) is 0.241. The van der Waals surface area contributed by atoms with E-state index in [4.69, 9.17) is 5.26 Å². The van der Waals surface area contributed by atoms with Crippen molar-refractivity contribution in [3.05, 3.63) is 106 Å². The number of ketones is 1. The molecule has 0 fully saturated rings. The minimum atomic E-state index is -4.93. The van der Waals surface area contributed by atoms with E-state index in [0.717, 1.165) is 47.4 Å². The first-order valence-electron chi connectivity index (χ1n) is 12.1. The molecule has 0 saturated heterocycles. The number of urea groups is 1. The second-order valence-corrected chi connectivity index (χ2v) is 9.71. The molecule has 0 heterocycles. The zero-order valence-corrected chi connectivity index (χ0v) is 22.0. The minimum absolute atomic E-state index is 0.0544. The van der Waals surface area contributed by atoms with Crippen molar-refractivity contribution in [2.75, 3.05) is 0 Å². The molecule has 42 heavy (non-hydrogen) atoms. The predicted molar refractivity (Wildman–Crippen MR) is 136 cm³/mol. The number of benzene rings is 2. The van der Waals surface area contributed by atoms with E-state index in [1.54, 1.807) is 0 Å². The van der Waals surface area contributed by atoms with Crippen molar-refractivity contribution < 1.29 is 45.1 Å². The summed E-state index contributed by atoms with van der Waals surface area (Å²) >= 11 is 0. The first kappa shape index (κ1) is 31.8. The number of amides is 2. The second-order valence-electron chi connectivity index (χ2n) is 9.71. The molecule has 1 aliphatic rings. The molecule has 0 radical (unpaired) electrons. The van der Waals surface area contributed by atoms with Gasteiger partial charge in [-0.2, -0.15) is 31.6 Å². The van der Waals surface area contributed by atoms with Crippen molar-refractivity contribution in [3.63, 3.8) is 0 Å². The van der Waals surface area contributed by atoms with Gasteiger partial charge in [0.05, 0.1) is 28.3 Å². The van der Waals surface area contributed by atoms with Gasteiger partial charge >= 0.3 is 18.4 Å². The van der Waals surface area contributed by atoms with Gasteiger partial charge in [-0.05, 0) is 55.8 Å². The van der Waals surface area contributed by atoms with Crippen LogP contribution in [0.4, 0.5) is 35.5 Å². The number of carbonyl (C=O) groups is 3. The van der Waals surface area contributed by atoms with Gasteiger partial charge in [-0.15, -0.1) is 0 Å². The monoisotopic (exact) mass is 593 g/mol. The van der Waals surface area contributed by atoms with Crippen LogP contribution in [0.3, 0.4) is 0 Å². The number of aldehydes is 1. The number of nitrogens with one attached hydrogen (secondary N) is 1. The van der Waals surface area contributed by atoms with E-state index in [0.29, 0.717) is 18.4 Å². The Bertz CT molecular complexity index is 1540. The molecule has 0 spiro atoms. The Labute approximate surface area is 235 Å². The molecule has 0 aliphatic heterocycles. The van der Waals surface area contributed by atoms with Crippen molar-refractivity contribution in [2.24, 2.45) is 0 Å². The summed E-state index contributed by atoms with van der Waals surface area (Å²) in [5, 5.41) is 11.4. The van der Waals surface area contributed by atoms with E-state index in [9.17, 15) is 45.1 Å². The van der Waals surface area contributed by atoms with Gasteiger partial charge in [-0.3, -0.25) is 4.79 Å². The van der Waals surface area contributed by atoms with Crippen molar-refractivity contribution >= 4 is 18.1 Å². The number of carbonyl (C=O) groups excluding carboxylic acids is 3. The Balaban J connectivity index is 2.02. The molecule has 1 N–H and O–H groups in total. The Morgan fingerprint density at radius 3 is 2.33 bits per heavy atom. The second kappa shape index (κ2) is 12.0. The van der Waals surface area contributed by atoms with Gasteiger partial charge in [-0.1, -0.05) is 24.3 Å². The summed E-state index contributed by atoms with van der Waals surface area (Å²) in [7, 11) is 0. The van der Waals surface area contributed by atoms with Gasteiger partial charge in [-0.25, -0.2) is 9.18 Å². The summed E-state index contributed by atoms with van der Waals surface area (Å²) in [6.45, 7) is 2.04. The van der Waals surface area contributed by atoms with E-state index >= 15 is 0 Å². The third-order valence-corrected chi connectivity index (χ3v) is 6.25. The van der Waals surface area contributed by atoms with Gasteiger partial charge in [0.25, 0.3) is 0 Å². The van der Waals surface area contributed by atoms with Crippen molar-refractivity contribution in [2.45, 2.75) is 44.7 Å². The van der Waals surface area contributed by atoms with E-state index in [1.807, 2.05) is 0 Å². The molecule has 0 atom stereocenters. The first-order valence-corrected chi connectivity index (χ1v) is 12.1. The number of rotatable bonds is 7. The molecule has 6 nitrogen and oxygen atoms in total. The molecule has 2 aromatic carbocycles. The maximum Gasteiger partial charge on any atom is 0.417 e. The number of nitrogens with zero attached hydrogens (tertiary/aromatic N) is 2. The van der Waals surface area contributed by atoms with Crippen LogP contribution in [0.5, 0.6) is 0 Å². The molecule has 13 heteroatoms. The van der Waals surface area contributed by atoms with Crippen LogP contribution in [0.25, 0.3) is 0 Å². The fourth-order valence-corrected chi connectivity index (χ4v) is 3.99. The lowest BCUT2D eigenvalue weighted by Crippen LogP contribution is -2.52. The molecule has 0 aromatic heterocycles. The summed E-state index contributed by atoms with van der Waals surface area (Å²) in [5.74, 6) is -1.91. The van der Waals surface area contributed by atoms with Crippen LogP contribution in [0.15, 0.2) is 77.5 Å². The highest BCUT2D eigenvalue weighted by Crippen LogP contribution is 2.33. The van der Waals surface area contributed by atoms with Crippen LogP contribution in [0, 0.1) is 17.1 Å². The first-order chi connectivity index (χ1) is 19.5. The van der Waals surface area contributed by atoms with Gasteiger partial charge in [0, 0.05) is 29.8 Å². The third-order valence-electron chi connectivity index (χ3n) is 6.25. The molecule has 0 unspecified atom stereocenters. The highest BCUT2D eigenvalue weighted by atomic mass is 19.4. The zero-order valence-electron chi connectivity index (χ0n) is 22.0. The maximum absolute atomic E-state index is 14.2. The van der Waals surface area contributed by atoms with Crippen LogP contribution in [-0.2, 0) is 17.5 Å². The minimum Gasteiger partial charge on any atom is -0.311 e. The Morgan fingerprint density at radius 2 is 1.74 bits per heavy atom. The molecule has 0 saturated carbocycles. The lowest BCUT2D eigenvalue weighted by Gasteiger charge is -2.35. The topological polar surface area (TPSA) is 90.3 Å². The fourth-order valence-electron chi connectivity index (χ4n) is 3.99. The van der Waals surface area contributed by atoms with Crippen molar-refractivity contribution in [1.82, 2.24) is 10.2 Å². The quantitative estimate of drug-likeness (QED) is 0.218. The van der Waals surface area contributed by atoms with Crippen molar-refractivity contribution in [3.8, 4) is 6.07 Å². The SMILES string of the molecule is CC(C)(C=O)N(Cc1ccc(F)cc1C(=O)c1cccc(C(F)(F)F)c1)C(=O)NC1=CC(C(F)(F)F)=C(C#N)C=CC1. The van der Waals surface area contributed by atoms with Crippen LogP contribution in [0.1, 0.15) is 47.3 Å². The lowest BCUT2D eigenvalue weighted by molar-refractivity contribution is -0.137. The smallest absolute Gasteiger partial charge is 0.311 e. The van der Waals surface area contributed by atoms with Crippen LogP contribution in [-0.4, -0.2) is 34.7 Å². The number of hydrogen-bond donors (Lipinski definition) is 1. The molecule has 1 aliphatic carbocycles. The lowest BCUT2D eigenvalue weighted by atomic mass is 9.95. The van der Waals surface area contributed by atoms with Crippen molar-refractivity contribution in [1.29, 1.82) is 5.26 Å². The molecular formula is C29H22F7N3O3. The van der Waals surface area contributed by atoms with E-state index in [1.165, 1.54) is 26.0 Å². The molecule has 220 valence electrons. The molecule has 2 amide bonds. The average Bonchev–Trinajstić information content (AvgIpc) is 3.13. The molecule has 2 aromatic rings. The van der Waals surface area contributed by atoms with Gasteiger partial charge < -0.3 is 15.0 Å². The van der Waals surface area contributed by atoms with E-state index in [2.05, 4.69) is 5.32 Å². The summed E-state index contributed by atoms with van der Waals surface area (Å²) in [6.07, 6.45) is -6.78. The van der Waals surface area contributed by atoms with Crippen LogP contribution in [0.2, 0.25) is 0 Å². The number of hydrogen-bond acceptors (Lipinski definition) is 4. The Kier molecular flexibility index (Phi) is 9.10. The van der Waals surface area contributed by atoms with E-state index < -0.39 is 69.9 Å². The van der Waals surface area contributed by atoms with Gasteiger partial charge in [0.15, 0.2) is 5.78 Å². The number of halogens is 7. The number of nitriles is 1. The van der Waals surface area contributed by atoms with Gasteiger partial charge in [0.1, 0.15) is 12.1 Å². The van der Waals surface area contributed by atoms with E-state index in [-0.39, 0.29) is 17.7 Å². The van der Waals surface area contributed by atoms with Gasteiger partial charge in [0.2, 0.25) is 0 Å². The largest absolute Gasteiger partial charge is 0.417 e. The molecule has 3 rings (SSSR count). The zero-order chi connectivity index (χ0) is 31.5. The van der Waals surface area contributed by atoms with Crippen LogP contribution >= 0.6 is 0 Å². The highest BCUT2D eigenvalue weighted by molar-refractivity contribution is 6.10. The standard InChI is InChI=1S/C29H22F7N3O3/c1-27(2,16-40)39(26(42)38-22-8-4-6-18(14-37)24(13-22)29(34,35)36)15-19-9-10-21(30)12-23(19)25(41)17-5-3-7-20(11-17)28(31,32)33/h3-7,9-13,16H,8,15H2,1-2H3,(H,38,42). The summed E-state index contributed by atoms with van der Waals surface area (Å²) in [5.41, 5.74) is -5.86. The normalized spacial score (nSPS) is 14.0. The summed E-state index contributed by atoms with van der Waals surface area (Å²) in [4.78, 5) is 39.4. The van der Waals surface area contributed by atoms with Crippen LogP contribution < -0.4 is 5.32 Å². The maximum atomic E-state index is 14.2. The Hall–Kier alpha value is -4.73. The average molecular weight is 593 g/mol. The summed E-state index contributed by atoms with van der Waals surface area (Å²) < 4.78 is 94.5. The number of allylic oxidation sites excluding steroid dienone is 5.